The van der Waals surface area contributed by atoms with Crippen molar-refractivity contribution in [1.29, 1.82) is 0 Å². The summed E-state index contributed by atoms with van der Waals surface area (Å²) in [5.74, 6) is 0.699. The number of hydrogen-bond acceptors (Lipinski definition) is 7. The maximum atomic E-state index is 13.2. The summed E-state index contributed by atoms with van der Waals surface area (Å²) in [6.45, 7) is 8.10. The molecule has 1 saturated carbocycles. The molecule has 2 heterocycles. The van der Waals surface area contributed by atoms with Crippen molar-refractivity contribution in [3.05, 3.63) is 87.0 Å². The maximum absolute atomic E-state index is 13.2. The van der Waals surface area contributed by atoms with Gasteiger partial charge in [0.1, 0.15) is 0 Å². The van der Waals surface area contributed by atoms with Crippen LogP contribution >= 0.6 is 0 Å². The molecule has 0 unspecified atom stereocenters. The Morgan fingerprint density at radius 2 is 1.63 bits per heavy atom. The van der Waals surface area contributed by atoms with Gasteiger partial charge in [-0.05, 0) is 95.1 Å². The summed E-state index contributed by atoms with van der Waals surface area (Å²) in [5, 5.41) is 21.5. The van der Waals surface area contributed by atoms with Crippen LogP contribution in [-0.4, -0.2) is 82.2 Å². The van der Waals surface area contributed by atoms with Crippen LogP contribution in [0.5, 0.6) is 0 Å². The number of piperidine rings is 1. The molecule has 12 heteroatoms. The third-order valence-electron chi connectivity index (χ3n) is 9.24. The Balaban J connectivity index is 1.40. The Morgan fingerprint density at radius 3 is 2.16 bits per heavy atom. The van der Waals surface area contributed by atoms with Crippen LogP contribution in [0.4, 0.5) is 0 Å². The van der Waals surface area contributed by atoms with Gasteiger partial charge in [0.05, 0.1) is 12.0 Å². The lowest BCUT2D eigenvalue weighted by atomic mass is 9.69. The molecule has 2 fully saturated rings. The molecule has 2 aromatic carbocycles. The van der Waals surface area contributed by atoms with Crippen LogP contribution in [-0.2, 0) is 30.1 Å². The number of aryl methyl sites for hydroxylation is 3. The first-order valence-corrected chi connectivity index (χ1v) is 14.6. The van der Waals surface area contributed by atoms with Crippen molar-refractivity contribution in [2.75, 3.05) is 27.2 Å². The summed E-state index contributed by atoms with van der Waals surface area (Å²) in [5.41, 5.74) is 4.23. The Morgan fingerprint density at radius 1 is 1.00 bits per heavy atom. The second-order valence-corrected chi connectivity index (χ2v) is 11.6. The fourth-order valence-electron chi connectivity index (χ4n) is 7.09. The second kappa shape index (κ2) is 11.2. The number of carbonyl (C=O) groups is 3. The fourth-order valence-corrected chi connectivity index (χ4v) is 7.09. The third kappa shape index (κ3) is 4.83. The Labute approximate surface area is 250 Å². The van der Waals surface area contributed by atoms with E-state index < -0.39 is 5.41 Å². The lowest BCUT2D eigenvalue weighted by molar-refractivity contribution is -0.131. The first kappa shape index (κ1) is 28.5. The summed E-state index contributed by atoms with van der Waals surface area (Å²) >= 11 is 0. The zero-order chi connectivity index (χ0) is 30.3. The molecular weight excluding hydrogens is 546 g/mol. The van der Waals surface area contributed by atoms with E-state index in [1.165, 1.54) is 0 Å². The molecule has 1 aliphatic heterocycles. The predicted octanol–water partition coefficient (Wildman–Crippen LogP) is 1.21. The van der Waals surface area contributed by atoms with Gasteiger partial charge in [0, 0.05) is 44.7 Å². The van der Waals surface area contributed by atoms with Crippen molar-refractivity contribution in [2.24, 2.45) is 13.0 Å². The van der Waals surface area contributed by atoms with Crippen molar-refractivity contribution in [2.45, 2.75) is 49.7 Å². The summed E-state index contributed by atoms with van der Waals surface area (Å²) in [7, 11) is 5.02. The van der Waals surface area contributed by atoms with Crippen LogP contribution in [0.25, 0.3) is 4.85 Å². The molecule has 43 heavy (non-hydrogen) atoms. The van der Waals surface area contributed by atoms with Gasteiger partial charge < -0.3 is 16.0 Å². The Hall–Kier alpha value is -4.63. The summed E-state index contributed by atoms with van der Waals surface area (Å²) in [6, 6.07) is 11.7. The summed E-state index contributed by atoms with van der Waals surface area (Å²) in [4.78, 5) is 43.8. The quantitative estimate of drug-likeness (QED) is 0.269. The zero-order valence-corrected chi connectivity index (χ0v) is 24.6. The standard InChI is InChI=1S/C31H35N9O3/c1-32-26-16-22-15-25(22)40(26)27(41)17-35-12-11-31(30-36-37-38-39(30)4)23-9-7-20(28(42)33-2)13-18(23)5-6-19-14-21(29(43)34-3)8-10-24(19)31/h7-10,13-14,22,25-26,35H,5-6,11-12,15-17H2,2-4H3,(H,33,42)(H,34,43)/t22-,25-,26-/m0/s1. The molecule has 222 valence electrons. The lowest BCUT2D eigenvalue weighted by Crippen LogP contribution is -2.43. The van der Waals surface area contributed by atoms with Crippen molar-refractivity contribution >= 4 is 17.7 Å². The number of tetrazole rings is 1. The van der Waals surface area contributed by atoms with Gasteiger partial charge in [-0.15, -0.1) is 5.10 Å². The first-order chi connectivity index (χ1) is 20.8. The highest BCUT2D eigenvalue weighted by Crippen LogP contribution is 2.48. The topological polar surface area (TPSA) is 138 Å². The number of nitrogens with one attached hydrogen (secondary N) is 3. The van der Waals surface area contributed by atoms with Crippen molar-refractivity contribution in [3.63, 3.8) is 0 Å². The van der Waals surface area contributed by atoms with Crippen LogP contribution < -0.4 is 16.0 Å². The number of amides is 3. The first-order valence-electron chi connectivity index (χ1n) is 14.6. The smallest absolute Gasteiger partial charge is 0.301 e. The SMILES string of the molecule is [C-]#[N+][C@@H]1C[C@@H]2C[C@@H]2N1C(=O)CNCCC1(c2nnnn2C)c2ccc(C(=O)NC)cc2CCc2cc(C(=O)NC)ccc21. The lowest BCUT2D eigenvalue weighted by Gasteiger charge is -2.35. The number of hydrogen-bond donors (Lipinski definition) is 3. The van der Waals surface area contributed by atoms with Crippen LogP contribution in [0.15, 0.2) is 36.4 Å². The van der Waals surface area contributed by atoms with Gasteiger partial charge in [-0.3, -0.25) is 24.1 Å². The molecule has 3 aromatic rings. The molecule has 3 atom stereocenters. The molecule has 6 rings (SSSR count). The molecule has 3 aliphatic rings. The molecule has 3 amide bonds. The maximum Gasteiger partial charge on any atom is 0.301 e. The molecule has 0 radical (unpaired) electrons. The van der Waals surface area contributed by atoms with Gasteiger partial charge in [-0.2, -0.15) is 0 Å². The minimum absolute atomic E-state index is 0.0486. The van der Waals surface area contributed by atoms with E-state index >= 15 is 0 Å². The van der Waals surface area contributed by atoms with Crippen molar-refractivity contribution in [3.8, 4) is 0 Å². The van der Waals surface area contributed by atoms with E-state index in [0.29, 0.717) is 48.7 Å². The van der Waals surface area contributed by atoms with Crippen LogP contribution in [0.2, 0.25) is 0 Å². The largest absolute Gasteiger partial charge is 0.355 e. The molecule has 0 bridgehead atoms. The van der Waals surface area contributed by atoms with Crippen LogP contribution in [0, 0.1) is 12.5 Å². The van der Waals surface area contributed by atoms with Gasteiger partial charge in [0.25, 0.3) is 11.8 Å². The highest BCUT2D eigenvalue weighted by atomic mass is 16.2. The van der Waals surface area contributed by atoms with Crippen LogP contribution in [0.1, 0.15) is 68.1 Å². The molecule has 3 N–H and O–H groups in total. The van der Waals surface area contributed by atoms with Gasteiger partial charge in [0.2, 0.25) is 5.91 Å². The number of nitrogens with zero attached hydrogens (tertiary/aromatic N) is 6. The fraction of sp³-hybridized carbons (Fsp3) is 0.452. The van der Waals surface area contributed by atoms with Crippen molar-refractivity contribution in [1.82, 2.24) is 41.1 Å². The number of benzene rings is 2. The van der Waals surface area contributed by atoms with Crippen LogP contribution in [0.3, 0.4) is 0 Å². The summed E-state index contributed by atoms with van der Waals surface area (Å²) in [6.07, 6.45) is 3.21. The number of likely N-dealkylation sites (tertiary alicyclic amines) is 1. The normalized spacial score (nSPS) is 21.1. The van der Waals surface area contributed by atoms with E-state index in [1.54, 1.807) is 30.7 Å². The minimum Gasteiger partial charge on any atom is -0.355 e. The van der Waals surface area contributed by atoms with Gasteiger partial charge >= 0.3 is 6.17 Å². The number of carbonyl (C=O) groups excluding carboxylic acids is 3. The highest BCUT2D eigenvalue weighted by Gasteiger charge is 2.57. The number of aromatic nitrogens is 4. The van der Waals surface area contributed by atoms with Crippen molar-refractivity contribution < 1.29 is 14.4 Å². The van der Waals surface area contributed by atoms with E-state index in [4.69, 9.17) is 6.57 Å². The molecular formula is C31H35N9O3. The van der Waals surface area contributed by atoms with E-state index in [0.717, 1.165) is 35.1 Å². The van der Waals surface area contributed by atoms with Gasteiger partial charge in [-0.1, -0.05) is 12.1 Å². The van der Waals surface area contributed by atoms with Gasteiger partial charge in [0.15, 0.2) is 5.82 Å². The molecule has 2 aliphatic carbocycles. The van der Waals surface area contributed by atoms with E-state index in [9.17, 15) is 14.4 Å². The minimum atomic E-state index is -0.841. The van der Waals surface area contributed by atoms with Gasteiger partial charge in [-0.25, -0.2) is 11.3 Å². The Bertz CT molecular complexity index is 1570. The third-order valence-corrected chi connectivity index (χ3v) is 9.24. The number of rotatable bonds is 8. The van der Waals surface area contributed by atoms with E-state index in [-0.39, 0.29) is 36.5 Å². The molecule has 12 nitrogen and oxygen atoms in total. The molecule has 1 aromatic heterocycles. The monoisotopic (exact) mass is 581 g/mol. The summed E-state index contributed by atoms with van der Waals surface area (Å²) < 4.78 is 1.67. The highest BCUT2D eigenvalue weighted by molar-refractivity contribution is 5.95. The number of fused-ring (bicyclic) bond motifs is 3. The van der Waals surface area contributed by atoms with E-state index in [1.807, 2.05) is 36.4 Å². The molecule has 1 saturated heterocycles. The van der Waals surface area contributed by atoms with E-state index in [2.05, 4.69) is 36.3 Å². The second-order valence-electron chi connectivity index (χ2n) is 11.6. The predicted molar refractivity (Wildman–Crippen MR) is 157 cm³/mol. The average molecular weight is 582 g/mol. The molecule has 0 spiro atoms. The average Bonchev–Trinajstić information content (AvgIpc) is 3.53. The zero-order valence-electron chi connectivity index (χ0n) is 24.6. The Kier molecular flexibility index (Phi) is 7.43.